The first-order chi connectivity index (χ1) is 8.99. The van der Waals surface area contributed by atoms with E-state index in [4.69, 9.17) is 12.2 Å². The number of carbonyl (C=O) groups is 1. The fourth-order valence-corrected chi connectivity index (χ4v) is 2.36. The van der Waals surface area contributed by atoms with Gasteiger partial charge in [-0.05, 0) is 25.6 Å². The van der Waals surface area contributed by atoms with Crippen LogP contribution in [0.5, 0.6) is 0 Å². The number of nitrogens with zero attached hydrogens (tertiary/aromatic N) is 4. The van der Waals surface area contributed by atoms with E-state index in [0.717, 1.165) is 23.3 Å². The van der Waals surface area contributed by atoms with E-state index in [2.05, 4.69) is 10.1 Å². The second-order valence-corrected chi connectivity index (χ2v) is 4.93. The molecule has 7 heteroatoms. The number of rotatable bonds is 4. The van der Waals surface area contributed by atoms with Gasteiger partial charge < -0.3 is 9.88 Å². The van der Waals surface area contributed by atoms with Crippen LogP contribution in [-0.4, -0.2) is 43.7 Å². The number of hydrogen-bond acceptors (Lipinski definition) is 3. The van der Waals surface area contributed by atoms with Crippen LogP contribution < -0.4 is 0 Å². The first-order valence-electron chi connectivity index (χ1n) is 6.37. The fourth-order valence-electron chi connectivity index (χ4n) is 2.10. The van der Waals surface area contributed by atoms with Gasteiger partial charge in [-0.3, -0.25) is 14.0 Å². The van der Waals surface area contributed by atoms with Gasteiger partial charge in [0.1, 0.15) is 12.1 Å². The number of carbonyl (C=O) groups excluding carboxylic acids is 1. The van der Waals surface area contributed by atoms with Crippen molar-refractivity contribution in [3.63, 3.8) is 0 Å². The SMILES string of the molecule is CCc1nn(C)c2c1[nH]c(=S)n2CC(=O)N(C)CC. The van der Waals surface area contributed by atoms with Gasteiger partial charge in [-0.2, -0.15) is 5.10 Å². The van der Waals surface area contributed by atoms with Crippen molar-refractivity contribution in [1.82, 2.24) is 24.2 Å². The largest absolute Gasteiger partial charge is 0.344 e. The van der Waals surface area contributed by atoms with Crippen LogP contribution in [0.2, 0.25) is 0 Å². The van der Waals surface area contributed by atoms with E-state index >= 15 is 0 Å². The van der Waals surface area contributed by atoms with Crippen molar-refractivity contribution in [2.24, 2.45) is 7.05 Å². The van der Waals surface area contributed by atoms with Crippen LogP contribution in [0.25, 0.3) is 11.2 Å². The second kappa shape index (κ2) is 5.16. The zero-order valence-electron chi connectivity index (χ0n) is 11.7. The van der Waals surface area contributed by atoms with Crippen molar-refractivity contribution in [3.8, 4) is 0 Å². The lowest BCUT2D eigenvalue weighted by Crippen LogP contribution is -2.30. The lowest BCUT2D eigenvalue weighted by Gasteiger charge is -2.14. The van der Waals surface area contributed by atoms with Gasteiger partial charge >= 0.3 is 0 Å². The number of aryl methyl sites for hydroxylation is 2. The van der Waals surface area contributed by atoms with Crippen LogP contribution >= 0.6 is 12.2 Å². The van der Waals surface area contributed by atoms with Crippen molar-refractivity contribution in [3.05, 3.63) is 10.5 Å². The molecule has 1 amide bonds. The first kappa shape index (κ1) is 13.8. The smallest absolute Gasteiger partial charge is 0.242 e. The topological polar surface area (TPSA) is 58.9 Å². The summed E-state index contributed by atoms with van der Waals surface area (Å²) in [6.07, 6.45) is 0.829. The highest BCUT2D eigenvalue weighted by molar-refractivity contribution is 7.71. The molecule has 104 valence electrons. The molecule has 0 spiro atoms. The third kappa shape index (κ3) is 2.30. The highest BCUT2D eigenvalue weighted by Gasteiger charge is 2.17. The molecule has 2 aromatic heterocycles. The second-order valence-electron chi connectivity index (χ2n) is 4.55. The van der Waals surface area contributed by atoms with Gasteiger partial charge in [0.25, 0.3) is 0 Å². The number of aromatic nitrogens is 4. The third-order valence-electron chi connectivity index (χ3n) is 3.35. The lowest BCUT2D eigenvalue weighted by molar-refractivity contribution is -0.130. The molecule has 0 unspecified atom stereocenters. The molecule has 19 heavy (non-hydrogen) atoms. The van der Waals surface area contributed by atoms with Gasteiger partial charge in [0, 0.05) is 20.6 Å². The molecule has 0 fully saturated rings. The molecular weight excluding hydrogens is 262 g/mol. The van der Waals surface area contributed by atoms with Crippen molar-refractivity contribution < 1.29 is 4.79 Å². The quantitative estimate of drug-likeness (QED) is 0.863. The van der Waals surface area contributed by atoms with Gasteiger partial charge in [0.15, 0.2) is 10.4 Å². The maximum absolute atomic E-state index is 12.0. The molecule has 0 radical (unpaired) electrons. The number of likely N-dealkylation sites (N-methyl/N-ethyl adjacent to an activating group) is 1. The van der Waals surface area contributed by atoms with Gasteiger partial charge in [-0.25, -0.2) is 0 Å². The van der Waals surface area contributed by atoms with Crippen LogP contribution in [0.1, 0.15) is 19.5 Å². The zero-order chi connectivity index (χ0) is 14.2. The molecule has 0 aliphatic carbocycles. The van der Waals surface area contributed by atoms with Gasteiger partial charge in [0.2, 0.25) is 5.91 Å². The molecule has 0 bridgehead atoms. The number of fused-ring (bicyclic) bond motifs is 1. The Morgan fingerprint density at radius 3 is 2.74 bits per heavy atom. The number of aromatic amines is 1. The molecule has 1 N–H and O–H groups in total. The van der Waals surface area contributed by atoms with E-state index in [0.29, 0.717) is 11.3 Å². The summed E-state index contributed by atoms with van der Waals surface area (Å²) in [6.45, 7) is 4.92. The van der Waals surface area contributed by atoms with Crippen LogP contribution in [0.3, 0.4) is 0 Å². The highest BCUT2D eigenvalue weighted by Crippen LogP contribution is 2.18. The lowest BCUT2D eigenvalue weighted by atomic mass is 10.3. The fraction of sp³-hybridized carbons (Fsp3) is 0.583. The Morgan fingerprint density at radius 2 is 2.16 bits per heavy atom. The Bertz CT molecular complexity index is 665. The molecule has 0 saturated heterocycles. The van der Waals surface area contributed by atoms with Crippen LogP contribution in [0.4, 0.5) is 0 Å². The summed E-state index contributed by atoms with van der Waals surface area (Å²) in [5.74, 6) is 0.0405. The Labute approximate surface area is 117 Å². The standard InChI is InChI=1S/C12H19N5OS/c1-5-8-10-11(16(4)14-8)17(12(19)13-10)7-9(18)15(3)6-2/h5-7H2,1-4H3,(H,13,19). The van der Waals surface area contributed by atoms with Crippen molar-refractivity contribution >= 4 is 29.3 Å². The minimum Gasteiger partial charge on any atom is -0.344 e. The predicted octanol–water partition coefficient (Wildman–Crippen LogP) is 1.47. The summed E-state index contributed by atoms with van der Waals surface area (Å²) in [7, 11) is 3.66. The minimum atomic E-state index is 0.0405. The number of H-pyrrole nitrogens is 1. The number of nitrogens with one attached hydrogen (secondary N) is 1. The monoisotopic (exact) mass is 281 g/mol. The van der Waals surface area contributed by atoms with Crippen LogP contribution in [0.15, 0.2) is 0 Å². The summed E-state index contributed by atoms with van der Waals surface area (Å²) in [5, 5.41) is 4.44. The summed E-state index contributed by atoms with van der Waals surface area (Å²) in [6, 6.07) is 0. The Kier molecular flexibility index (Phi) is 3.75. The molecular formula is C12H19N5OS. The summed E-state index contributed by atoms with van der Waals surface area (Å²) in [5.41, 5.74) is 2.78. The van der Waals surface area contributed by atoms with E-state index in [1.165, 1.54) is 0 Å². The first-order valence-corrected chi connectivity index (χ1v) is 6.78. The normalized spacial score (nSPS) is 11.2. The molecule has 2 aromatic rings. The Morgan fingerprint density at radius 1 is 1.47 bits per heavy atom. The maximum Gasteiger partial charge on any atom is 0.242 e. The van der Waals surface area contributed by atoms with Crippen molar-refractivity contribution in [1.29, 1.82) is 0 Å². The molecule has 2 heterocycles. The van der Waals surface area contributed by atoms with E-state index in [1.807, 2.05) is 25.5 Å². The van der Waals surface area contributed by atoms with Gasteiger partial charge in [0.05, 0.1) is 5.69 Å². The zero-order valence-corrected chi connectivity index (χ0v) is 12.5. The summed E-state index contributed by atoms with van der Waals surface area (Å²) < 4.78 is 4.15. The minimum absolute atomic E-state index is 0.0405. The van der Waals surface area contributed by atoms with E-state index in [1.54, 1.807) is 16.6 Å². The number of imidazole rings is 1. The highest BCUT2D eigenvalue weighted by atomic mass is 32.1. The molecule has 0 saturated carbocycles. The maximum atomic E-state index is 12.0. The van der Waals surface area contributed by atoms with Crippen molar-refractivity contribution in [2.45, 2.75) is 26.8 Å². The number of hydrogen-bond donors (Lipinski definition) is 1. The molecule has 0 aliphatic rings. The van der Waals surface area contributed by atoms with E-state index < -0.39 is 0 Å². The molecule has 6 nitrogen and oxygen atoms in total. The molecule has 2 rings (SSSR count). The average molecular weight is 281 g/mol. The van der Waals surface area contributed by atoms with E-state index in [9.17, 15) is 4.79 Å². The molecule has 0 atom stereocenters. The molecule has 0 aromatic carbocycles. The van der Waals surface area contributed by atoms with Gasteiger partial charge in [-0.1, -0.05) is 6.92 Å². The van der Waals surface area contributed by atoms with Crippen molar-refractivity contribution in [2.75, 3.05) is 13.6 Å². The Hall–Kier alpha value is -1.63. The number of amides is 1. The Balaban J connectivity index is 2.49. The predicted molar refractivity (Wildman–Crippen MR) is 76.6 cm³/mol. The van der Waals surface area contributed by atoms with E-state index in [-0.39, 0.29) is 12.5 Å². The van der Waals surface area contributed by atoms with Crippen LogP contribution in [0, 0.1) is 4.77 Å². The third-order valence-corrected chi connectivity index (χ3v) is 3.67. The average Bonchev–Trinajstić information content (AvgIpc) is 2.87. The molecule has 0 aliphatic heterocycles. The van der Waals surface area contributed by atoms with Gasteiger partial charge in [-0.15, -0.1) is 0 Å². The summed E-state index contributed by atoms with van der Waals surface area (Å²) in [4.78, 5) is 16.9. The summed E-state index contributed by atoms with van der Waals surface area (Å²) >= 11 is 5.31. The van der Waals surface area contributed by atoms with Crippen LogP contribution in [-0.2, 0) is 24.8 Å².